The molecule has 3 aromatic carbocycles. The highest BCUT2D eigenvalue weighted by atomic mass is 79.9. The van der Waals surface area contributed by atoms with Gasteiger partial charge in [-0.15, -0.1) is 0 Å². The van der Waals surface area contributed by atoms with Crippen molar-refractivity contribution >= 4 is 39.1 Å². The molecule has 0 aromatic heterocycles. The SMILES string of the molecule is CCN1C(=O)c2cc(NC(=O)c3ccccc3Br)ccc2Oc2ccccc21. The Morgan fingerprint density at radius 2 is 1.79 bits per heavy atom. The molecule has 0 fully saturated rings. The second kappa shape index (κ2) is 7.48. The monoisotopic (exact) mass is 436 g/mol. The van der Waals surface area contributed by atoms with Crippen LogP contribution in [0.15, 0.2) is 71.2 Å². The summed E-state index contributed by atoms with van der Waals surface area (Å²) in [6.45, 7) is 2.42. The first-order valence-electron chi connectivity index (χ1n) is 8.87. The lowest BCUT2D eigenvalue weighted by Gasteiger charge is -2.19. The van der Waals surface area contributed by atoms with E-state index in [4.69, 9.17) is 4.74 Å². The van der Waals surface area contributed by atoms with Crippen molar-refractivity contribution in [1.29, 1.82) is 0 Å². The molecule has 4 rings (SSSR count). The van der Waals surface area contributed by atoms with E-state index in [0.29, 0.717) is 39.3 Å². The number of carbonyl (C=O) groups is 2. The number of rotatable bonds is 3. The molecule has 1 heterocycles. The Labute approximate surface area is 171 Å². The molecular formula is C22H17BrN2O3. The van der Waals surface area contributed by atoms with Gasteiger partial charge in [0.1, 0.15) is 5.75 Å². The van der Waals surface area contributed by atoms with Crippen LogP contribution in [0.1, 0.15) is 27.6 Å². The molecule has 0 saturated carbocycles. The summed E-state index contributed by atoms with van der Waals surface area (Å²) in [6, 6.07) is 19.7. The molecule has 0 saturated heterocycles. The predicted molar refractivity (Wildman–Crippen MR) is 112 cm³/mol. The average molecular weight is 437 g/mol. The summed E-state index contributed by atoms with van der Waals surface area (Å²) in [5.41, 5.74) is 2.18. The smallest absolute Gasteiger partial charge is 0.262 e. The van der Waals surface area contributed by atoms with Crippen LogP contribution in [-0.2, 0) is 0 Å². The predicted octanol–water partition coefficient (Wildman–Crippen LogP) is 5.47. The molecule has 3 aromatic rings. The summed E-state index contributed by atoms with van der Waals surface area (Å²) in [7, 11) is 0. The Hall–Kier alpha value is -3.12. The fourth-order valence-corrected chi connectivity index (χ4v) is 3.63. The van der Waals surface area contributed by atoms with Gasteiger partial charge in [-0.05, 0) is 65.3 Å². The summed E-state index contributed by atoms with van der Waals surface area (Å²) in [4.78, 5) is 27.4. The molecule has 1 aliphatic rings. The number of hydrogen-bond acceptors (Lipinski definition) is 3. The zero-order chi connectivity index (χ0) is 19.7. The van der Waals surface area contributed by atoms with Gasteiger partial charge in [-0.1, -0.05) is 24.3 Å². The van der Waals surface area contributed by atoms with Gasteiger partial charge in [0.05, 0.1) is 16.8 Å². The van der Waals surface area contributed by atoms with Gasteiger partial charge in [0, 0.05) is 16.7 Å². The molecule has 140 valence electrons. The number of nitrogens with one attached hydrogen (secondary N) is 1. The topological polar surface area (TPSA) is 58.6 Å². The number of hydrogen-bond donors (Lipinski definition) is 1. The van der Waals surface area contributed by atoms with Crippen molar-refractivity contribution in [1.82, 2.24) is 0 Å². The van der Waals surface area contributed by atoms with Crippen LogP contribution in [0.25, 0.3) is 0 Å². The molecule has 0 bridgehead atoms. The van der Waals surface area contributed by atoms with Crippen molar-refractivity contribution in [3.8, 4) is 11.5 Å². The van der Waals surface area contributed by atoms with Crippen molar-refractivity contribution in [2.75, 3.05) is 16.8 Å². The Bertz CT molecular complexity index is 1080. The second-order valence-corrected chi connectivity index (χ2v) is 7.12. The zero-order valence-electron chi connectivity index (χ0n) is 15.1. The van der Waals surface area contributed by atoms with Crippen molar-refractivity contribution in [2.24, 2.45) is 0 Å². The fraction of sp³-hybridized carbons (Fsp3) is 0.0909. The van der Waals surface area contributed by atoms with Gasteiger partial charge in [-0.3, -0.25) is 9.59 Å². The first kappa shape index (κ1) is 18.3. The van der Waals surface area contributed by atoms with Crippen LogP contribution in [0, 0.1) is 0 Å². The number of nitrogens with zero attached hydrogens (tertiary/aromatic N) is 1. The fourth-order valence-electron chi connectivity index (χ4n) is 3.16. The normalized spacial score (nSPS) is 12.5. The van der Waals surface area contributed by atoms with Crippen LogP contribution in [0.3, 0.4) is 0 Å². The quantitative estimate of drug-likeness (QED) is 0.591. The number of amides is 2. The molecule has 28 heavy (non-hydrogen) atoms. The number of para-hydroxylation sites is 2. The van der Waals surface area contributed by atoms with Crippen LogP contribution < -0.4 is 15.0 Å². The Morgan fingerprint density at radius 1 is 1.04 bits per heavy atom. The molecule has 6 heteroatoms. The maximum atomic E-state index is 13.1. The maximum absolute atomic E-state index is 13.1. The summed E-state index contributed by atoms with van der Waals surface area (Å²) in [5, 5.41) is 2.85. The zero-order valence-corrected chi connectivity index (χ0v) is 16.7. The van der Waals surface area contributed by atoms with Crippen molar-refractivity contribution in [3.05, 3.63) is 82.3 Å². The lowest BCUT2D eigenvalue weighted by molar-refractivity contribution is 0.0985. The maximum Gasteiger partial charge on any atom is 0.262 e. The third kappa shape index (κ3) is 3.27. The lowest BCUT2D eigenvalue weighted by atomic mass is 10.1. The van der Waals surface area contributed by atoms with E-state index in [1.54, 1.807) is 41.3 Å². The van der Waals surface area contributed by atoms with Crippen LogP contribution in [0.5, 0.6) is 11.5 Å². The largest absolute Gasteiger partial charge is 0.454 e. The van der Waals surface area contributed by atoms with Crippen LogP contribution in [0.2, 0.25) is 0 Å². The molecular weight excluding hydrogens is 420 g/mol. The van der Waals surface area contributed by atoms with E-state index in [9.17, 15) is 9.59 Å². The van der Waals surface area contributed by atoms with Crippen LogP contribution in [-0.4, -0.2) is 18.4 Å². The molecule has 0 spiro atoms. The van der Waals surface area contributed by atoms with E-state index in [2.05, 4.69) is 21.2 Å². The minimum Gasteiger partial charge on any atom is -0.454 e. The lowest BCUT2D eigenvalue weighted by Crippen LogP contribution is -2.29. The first-order chi connectivity index (χ1) is 13.6. The Kier molecular flexibility index (Phi) is 4.88. The summed E-state index contributed by atoms with van der Waals surface area (Å²) < 4.78 is 6.69. The van der Waals surface area contributed by atoms with E-state index < -0.39 is 0 Å². The Balaban J connectivity index is 1.69. The van der Waals surface area contributed by atoms with Gasteiger partial charge >= 0.3 is 0 Å². The summed E-state index contributed by atoms with van der Waals surface area (Å²) in [5.74, 6) is 0.665. The van der Waals surface area contributed by atoms with E-state index >= 15 is 0 Å². The van der Waals surface area contributed by atoms with Crippen molar-refractivity contribution in [2.45, 2.75) is 6.92 Å². The average Bonchev–Trinajstić information content (AvgIpc) is 2.82. The van der Waals surface area contributed by atoms with Gasteiger partial charge in [0.25, 0.3) is 11.8 Å². The van der Waals surface area contributed by atoms with Gasteiger partial charge in [0.2, 0.25) is 0 Å². The molecule has 2 amide bonds. The van der Waals surface area contributed by atoms with Gasteiger partial charge in [-0.25, -0.2) is 0 Å². The standard InChI is InChI=1S/C22H17BrN2O3/c1-2-25-18-9-5-6-10-20(18)28-19-12-11-14(13-16(19)22(25)27)24-21(26)15-7-3-4-8-17(15)23/h3-13H,2H2,1H3,(H,24,26). The van der Waals surface area contributed by atoms with Gasteiger partial charge in [-0.2, -0.15) is 0 Å². The van der Waals surface area contributed by atoms with Crippen LogP contribution in [0.4, 0.5) is 11.4 Å². The van der Waals surface area contributed by atoms with E-state index in [-0.39, 0.29) is 11.8 Å². The van der Waals surface area contributed by atoms with Gasteiger partial charge < -0.3 is 15.0 Å². The van der Waals surface area contributed by atoms with E-state index in [1.807, 2.05) is 37.3 Å². The number of benzene rings is 3. The Morgan fingerprint density at radius 3 is 2.57 bits per heavy atom. The van der Waals surface area contributed by atoms with E-state index in [1.165, 1.54) is 0 Å². The number of fused-ring (bicyclic) bond motifs is 2. The highest BCUT2D eigenvalue weighted by Gasteiger charge is 2.27. The number of halogens is 1. The molecule has 0 atom stereocenters. The number of carbonyl (C=O) groups excluding carboxylic acids is 2. The number of ether oxygens (including phenoxy) is 1. The first-order valence-corrected chi connectivity index (χ1v) is 9.66. The third-order valence-corrected chi connectivity index (χ3v) is 5.22. The molecule has 0 unspecified atom stereocenters. The molecule has 1 N–H and O–H groups in total. The minimum atomic E-state index is -0.259. The minimum absolute atomic E-state index is 0.167. The highest BCUT2D eigenvalue weighted by Crippen LogP contribution is 2.39. The molecule has 1 aliphatic heterocycles. The summed E-state index contributed by atoms with van der Waals surface area (Å²) >= 11 is 3.38. The van der Waals surface area contributed by atoms with E-state index in [0.717, 1.165) is 5.69 Å². The van der Waals surface area contributed by atoms with Crippen molar-refractivity contribution < 1.29 is 14.3 Å². The number of anilines is 2. The highest BCUT2D eigenvalue weighted by molar-refractivity contribution is 9.10. The molecule has 5 nitrogen and oxygen atoms in total. The summed E-state index contributed by atoms with van der Waals surface area (Å²) in [6.07, 6.45) is 0. The molecule has 0 aliphatic carbocycles. The van der Waals surface area contributed by atoms with Crippen LogP contribution >= 0.6 is 15.9 Å². The second-order valence-electron chi connectivity index (χ2n) is 6.26. The third-order valence-electron chi connectivity index (χ3n) is 4.52. The molecule has 0 radical (unpaired) electrons. The van der Waals surface area contributed by atoms with Gasteiger partial charge in [0.15, 0.2) is 5.75 Å². The van der Waals surface area contributed by atoms with Crippen molar-refractivity contribution in [3.63, 3.8) is 0 Å².